The molecule has 3 heterocycles. The molecule has 2 aromatic rings. The summed E-state index contributed by atoms with van der Waals surface area (Å²) in [5.74, 6) is 1.57. The zero-order chi connectivity index (χ0) is 19.1. The summed E-state index contributed by atoms with van der Waals surface area (Å²) >= 11 is 0. The van der Waals surface area contributed by atoms with Gasteiger partial charge in [-0.15, -0.1) is 0 Å². The number of aromatic nitrogens is 2. The average molecular weight is 378 g/mol. The maximum Gasteiger partial charge on any atom is 0.229 e. The number of anilines is 5. The molecule has 1 amide bonds. The highest BCUT2D eigenvalue weighted by Crippen LogP contribution is 2.37. The van der Waals surface area contributed by atoms with E-state index in [-0.39, 0.29) is 5.91 Å². The summed E-state index contributed by atoms with van der Waals surface area (Å²) in [5.41, 5.74) is 4.26. The first-order valence-electron chi connectivity index (χ1n) is 10.2. The SMILES string of the molecule is CN1C(=O)CCN(C2CCCC2)c2nc(Nc3cccc4c3NCC4)ncc21. The van der Waals surface area contributed by atoms with Gasteiger partial charge in [-0.2, -0.15) is 4.98 Å². The van der Waals surface area contributed by atoms with E-state index in [4.69, 9.17) is 4.98 Å². The highest BCUT2D eigenvalue weighted by atomic mass is 16.2. The fourth-order valence-corrected chi connectivity index (χ4v) is 4.63. The molecular formula is C21H26N6O. The third-order valence-corrected chi connectivity index (χ3v) is 6.18. The molecule has 7 nitrogen and oxygen atoms in total. The van der Waals surface area contributed by atoms with Gasteiger partial charge >= 0.3 is 0 Å². The second-order valence-electron chi connectivity index (χ2n) is 7.88. The van der Waals surface area contributed by atoms with Gasteiger partial charge in [0, 0.05) is 32.6 Å². The molecule has 0 unspecified atom stereocenters. The maximum atomic E-state index is 12.5. The van der Waals surface area contributed by atoms with Crippen molar-refractivity contribution in [3.8, 4) is 0 Å². The van der Waals surface area contributed by atoms with E-state index >= 15 is 0 Å². The van der Waals surface area contributed by atoms with E-state index in [0.29, 0.717) is 18.4 Å². The number of carbonyl (C=O) groups excluding carboxylic acids is 1. The Hall–Kier alpha value is -2.83. The van der Waals surface area contributed by atoms with Crippen LogP contribution in [-0.4, -0.2) is 42.1 Å². The van der Waals surface area contributed by atoms with Crippen LogP contribution in [0.4, 0.5) is 28.8 Å². The van der Waals surface area contributed by atoms with E-state index in [1.54, 1.807) is 11.1 Å². The molecule has 3 aliphatic rings. The number of carbonyl (C=O) groups is 1. The van der Waals surface area contributed by atoms with Gasteiger partial charge in [-0.05, 0) is 30.9 Å². The van der Waals surface area contributed by atoms with E-state index in [0.717, 1.165) is 42.4 Å². The van der Waals surface area contributed by atoms with Crippen LogP contribution in [0.1, 0.15) is 37.7 Å². The van der Waals surface area contributed by atoms with Crippen molar-refractivity contribution >= 4 is 34.7 Å². The maximum absolute atomic E-state index is 12.5. The Bertz CT molecular complexity index is 908. The van der Waals surface area contributed by atoms with Crippen molar-refractivity contribution < 1.29 is 4.79 Å². The Morgan fingerprint density at radius 1 is 1.21 bits per heavy atom. The summed E-state index contributed by atoms with van der Waals surface area (Å²) in [5, 5.41) is 6.84. The number of rotatable bonds is 3. The predicted octanol–water partition coefficient (Wildman–Crippen LogP) is 3.30. The molecule has 2 aliphatic heterocycles. The lowest BCUT2D eigenvalue weighted by Gasteiger charge is -2.30. The summed E-state index contributed by atoms with van der Waals surface area (Å²) < 4.78 is 0. The van der Waals surface area contributed by atoms with E-state index in [1.807, 2.05) is 7.05 Å². The second-order valence-corrected chi connectivity index (χ2v) is 7.88. The fraction of sp³-hybridized carbons (Fsp3) is 0.476. The van der Waals surface area contributed by atoms with Crippen molar-refractivity contribution in [2.45, 2.75) is 44.6 Å². The molecule has 1 saturated carbocycles. The summed E-state index contributed by atoms with van der Waals surface area (Å²) in [4.78, 5) is 25.9. The minimum Gasteiger partial charge on any atom is -0.383 e. The van der Waals surface area contributed by atoms with Gasteiger partial charge in [0.25, 0.3) is 0 Å². The van der Waals surface area contributed by atoms with Crippen LogP contribution < -0.4 is 20.4 Å². The number of amides is 1. The Morgan fingerprint density at radius 2 is 2.07 bits per heavy atom. The first-order chi connectivity index (χ1) is 13.7. The van der Waals surface area contributed by atoms with Crippen LogP contribution in [0.5, 0.6) is 0 Å². The van der Waals surface area contributed by atoms with Crippen molar-refractivity contribution in [2.24, 2.45) is 0 Å². The van der Waals surface area contributed by atoms with E-state index < -0.39 is 0 Å². The van der Waals surface area contributed by atoms with Crippen LogP contribution in [0.2, 0.25) is 0 Å². The monoisotopic (exact) mass is 378 g/mol. The quantitative estimate of drug-likeness (QED) is 0.854. The molecule has 1 fully saturated rings. The van der Waals surface area contributed by atoms with Crippen LogP contribution >= 0.6 is 0 Å². The average Bonchev–Trinajstić information content (AvgIpc) is 3.38. The minimum absolute atomic E-state index is 0.121. The first kappa shape index (κ1) is 17.3. The van der Waals surface area contributed by atoms with Crippen molar-refractivity contribution in [1.82, 2.24) is 9.97 Å². The largest absolute Gasteiger partial charge is 0.383 e. The van der Waals surface area contributed by atoms with Gasteiger partial charge in [0.15, 0.2) is 5.82 Å². The van der Waals surface area contributed by atoms with Gasteiger partial charge < -0.3 is 20.4 Å². The van der Waals surface area contributed by atoms with Gasteiger partial charge in [-0.3, -0.25) is 4.79 Å². The lowest BCUT2D eigenvalue weighted by molar-refractivity contribution is -0.118. The van der Waals surface area contributed by atoms with E-state index in [2.05, 4.69) is 38.7 Å². The number of hydrogen-bond acceptors (Lipinski definition) is 6. The second kappa shape index (κ2) is 6.96. The zero-order valence-electron chi connectivity index (χ0n) is 16.2. The number of benzene rings is 1. The van der Waals surface area contributed by atoms with Crippen LogP contribution in [0.15, 0.2) is 24.4 Å². The van der Waals surface area contributed by atoms with Crippen molar-refractivity contribution in [3.05, 3.63) is 30.0 Å². The topological polar surface area (TPSA) is 73.4 Å². The number of nitrogens with one attached hydrogen (secondary N) is 2. The van der Waals surface area contributed by atoms with Gasteiger partial charge in [0.1, 0.15) is 5.69 Å². The zero-order valence-corrected chi connectivity index (χ0v) is 16.2. The molecular weight excluding hydrogens is 352 g/mol. The van der Waals surface area contributed by atoms with Gasteiger partial charge in [0.05, 0.1) is 17.6 Å². The third kappa shape index (κ3) is 2.95. The van der Waals surface area contributed by atoms with Crippen LogP contribution in [-0.2, 0) is 11.2 Å². The lowest BCUT2D eigenvalue weighted by Crippen LogP contribution is -2.34. The van der Waals surface area contributed by atoms with Crippen LogP contribution in [0.25, 0.3) is 0 Å². The summed E-state index contributed by atoms with van der Waals surface area (Å²) in [6.07, 6.45) is 8.17. The fourth-order valence-electron chi connectivity index (χ4n) is 4.63. The van der Waals surface area contributed by atoms with E-state index in [9.17, 15) is 4.79 Å². The molecule has 0 radical (unpaired) electrons. The Kier molecular flexibility index (Phi) is 4.30. The van der Waals surface area contributed by atoms with E-state index in [1.165, 1.54) is 31.2 Å². The number of fused-ring (bicyclic) bond motifs is 2. The summed E-state index contributed by atoms with van der Waals surface area (Å²) in [6, 6.07) is 6.73. The van der Waals surface area contributed by atoms with Crippen LogP contribution in [0, 0.1) is 0 Å². The molecule has 7 heteroatoms. The molecule has 2 N–H and O–H groups in total. The number of hydrogen-bond donors (Lipinski definition) is 2. The molecule has 0 saturated heterocycles. The lowest BCUT2D eigenvalue weighted by atomic mass is 10.1. The number of para-hydroxylation sites is 1. The standard InChI is InChI=1S/C21H26N6O/c1-26-17-13-23-21(24-16-8-4-5-14-9-11-22-19(14)16)25-20(17)27(12-10-18(26)28)15-6-2-3-7-15/h4-5,8,13,15,22H,2-3,6-7,9-12H2,1H3,(H,23,24,25). The molecule has 5 rings (SSSR count). The summed E-state index contributed by atoms with van der Waals surface area (Å²) in [7, 11) is 1.82. The molecule has 1 aromatic heterocycles. The predicted molar refractivity (Wildman–Crippen MR) is 112 cm³/mol. The van der Waals surface area contributed by atoms with Gasteiger partial charge in [0.2, 0.25) is 11.9 Å². The minimum atomic E-state index is 0.121. The molecule has 1 aromatic carbocycles. The van der Waals surface area contributed by atoms with Crippen LogP contribution in [0.3, 0.4) is 0 Å². The van der Waals surface area contributed by atoms with Gasteiger partial charge in [-0.25, -0.2) is 4.98 Å². The summed E-state index contributed by atoms with van der Waals surface area (Å²) in [6.45, 7) is 1.68. The Labute approximate surface area is 165 Å². The molecule has 28 heavy (non-hydrogen) atoms. The first-order valence-corrected chi connectivity index (χ1v) is 10.2. The third-order valence-electron chi connectivity index (χ3n) is 6.18. The normalized spacial score (nSPS) is 19.2. The molecule has 1 aliphatic carbocycles. The highest BCUT2D eigenvalue weighted by Gasteiger charge is 2.31. The molecule has 0 atom stereocenters. The highest BCUT2D eigenvalue weighted by molar-refractivity contribution is 5.97. The van der Waals surface area contributed by atoms with Crippen molar-refractivity contribution in [3.63, 3.8) is 0 Å². The number of nitrogens with zero attached hydrogens (tertiary/aromatic N) is 4. The Morgan fingerprint density at radius 3 is 2.93 bits per heavy atom. The molecule has 0 bridgehead atoms. The van der Waals surface area contributed by atoms with Crippen molar-refractivity contribution in [1.29, 1.82) is 0 Å². The molecule has 0 spiro atoms. The van der Waals surface area contributed by atoms with Crippen molar-refractivity contribution in [2.75, 3.05) is 40.6 Å². The smallest absolute Gasteiger partial charge is 0.229 e. The molecule has 146 valence electrons. The Balaban J connectivity index is 1.52. The van der Waals surface area contributed by atoms with Gasteiger partial charge in [-0.1, -0.05) is 25.0 Å².